The Morgan fingerprint density at radius 3 is 2.75 bits per heavy atom. The van der Waals surface area contributed by atoms with Crippen molar-refractivity contribution in [2.75, 3.05) is 13.1 Å². The molecule has 1 aromatic carbocycles. The molecule has 108 valence electrons. The predicted octanol–water partition coefficient (Wildman–Crippen LogP) is 1.58. The smallest absolute Gasteiger partial charge is 0.243 e. The largest absolute Gasteiger partial charge is 0.311 e. The lowest BCUT2D eigenvalue weighted by Crippen LogP contribution is -2.57. The van der Waals surface area contributed by atoms with Gasteiger partial charge in [0.25, 0.3) is 0 Å². The lowest BCUT2D eigenvalue weighted by molar-refractivity contribution is 0.233. The van der Waals surface area contributed by atoms with E-state index < -0.39 is 10.0 Å². The third-order valence-electron chi connectivity index (χ3n) is 3.64. The average molecular weight is 314 g/mol. The summed E-state index contributed by atoms with van der Waals surface area (Å²) < 4.78 is 26.8. The van der Waals surface area contributed by atoms with E-state index in [0.29, 0.717) is 13.1 Å². The fourth-order valence-electron chi connectivity index (χ4n) is 2.25. The molecule has 0 saturated carbocycles. The van der Waals surface area contributed by atoms with Gasteiger partial charge in [-0.1, -0.05) is 11.6 Å². The summed E-state index contributed by atoms with van der Waals surface area (Å²) >= 11 is 5.92. The fraction of sp³-hybridized carbons (Fsp3) is 0.462. The van der Waals surface area contributed by atoms with Crippen LogP contribution in [0.1, 0.15) is 19.4 Å². The summed E-state index contributed by atoms with van der Waals surface area (Å²) in [6.45, 7) is 4.87. The second-order valence-electron chi connectivity index (χ2n) is 4.85. The molecule has 0 amide bonds. The summed E-state index contributed by atoms with van der Waals surface area (Å²) in [5.41, 5.74) is 0.271. The van der Waals surface area contributed by atoms with E-state index in [-0.39, 0.29) is 27.6 Å². The van der Waals surface area contributed by atoms with Crippen LogP contribution in [-0.2, 0) is 10.0 Å². The Kier molecular flexibility index (Phi) is 4.35. The fourth-order valence-corrected chi connectivity index (χ4v) is 4.26. The summed E-state index contributed by atoms with van der Waals surface area (Å²) in [4.78, 5) is 0.127. The average Bonchev–Trinajstić information content (AvgIpc) is 2.41. The zero-order valence-electron chi connectivity index (χ0n) is 11.3. The number of nitriles is 1. The highest BCUT2D eigenvalue weighted by atomic mass is 35.5. The Balaban J connectivity index is 2.40. The molecule has 1 heterocycles. The van der Waals surface area contributed by atoms with Gasteiger partial charge in [0.2, 0.25) is 10.0 Å². The van der Waals surface area contributed by atoms with E-state index in [0.717, 1.165) is 0 Å². The maximum absolute atomic E-state index is 12.7. The van der Waals surface area contributed by atoms with Crippen LogP contribution >= 0.6 is 11.6 Å². The van der Waals surface area contributed by atoms with Crippen molar-refractivity contribution in [2.24, 2.45) is 0 Å². The van der Waals surface area contributed by atoms with Crippen LogP contribution < -0.4 is 5.32 Å². The van der Waals surface area contributed by atoms with Crippen LogP contribution in [-0.4, -0.2) is 37.9 Å². The Bertz CT molecular complexity index is 654. The van der Waals surface area contributed by atoms with E-state index in [1.165, 1.54) is 22.5 Å². The molecule has 7 heteroatoms. The third kappa shape index (κ3) is 2.67. The van der Waals surface area contributed by atoms with E-state index in [9.17, 15) is 8.42 Å². The molecule has 0 radical (unpaired) electrons. The first-order chi connectivity index (χ1) is 9.37. The molecule has 1 N–H and O–H groups in total. The number of hydrogen-bond acceptors (Lipinski definition) is 4. The van der Waals surface area contributed by atoms with Crippen LogP contribution in [0, 0.1) is 11.3 Å². The predicted molar refractivity (Wildman–Crippen MR) is 77.0 cm³/mol. The number of halogens is 1. The highest BCUT2D eigenvalue weighted by Crippen LogP contribution is 2.25. The number of nitrogens with zero attached hydrogens (tertiary/aromatic N) is 2. The first-order valence-electron chi connectivity index (χ1n) is 6.33. The van der Waals surface area contributed by atoms with Crippen molar-refractivity contribution >= 4 is 21.6 Å². The van der Waals surface area contributed by atoms with E-state index in [1.54, 1.807) is 0 Å². The molecule has 20 heavy (non-hydrogen) atoms. The molecule has 0 spiro atoms. The number of nitrogens with one attached hydrogen (secondary N) is 1. The van der Waals surface area contributed by atoms with Gasteiger partial charge in [-0.25, -0.2) is 8.42 Å². The number of hydrogen-bond donors (Lipinski definition) is 1. The van der Waals surface area contributed by atoms with E-state index in [1.807, 2.05) is 19.9 Å². The molecule has 5 nitrogen and oxygen atoms in total. The van der Waals surface area contributed by atoms with Crippen LogP contribution in [0.4, 0.5) is 0 Å². The van der Waals surface area contributed by atoms with Crippen molar-refractivity contribution in [3.8, 4) is 6.07 Å². The van der Waals surface area contributed by atoms with Crippen molar-refractivity contribution in [3.63, 3.8) is 0 Å². The van der Waals surface area contributed by atoms with Crippen molar-refractivity contribution < 1.29 is 8.42 Å². The van der Waals surface area contributed by atoms with Crippen LogP contribution in [0.5, 0.6) is 0 Å². The molecule has 1 fully saturated rings. The lowest BCUT2D eigenvalue weighted by Gasteiger charge is -2.37. The van der Waals surface area contributed by atoms with Gasteiger partial charge in [0.1, 0.15) is 6.07 Å². The minimum atomic E-state index is -3.59. The minimum absolute atomic E-state index is 0.0902. The molecule has 2 unspecified atom stereocenters. The molecule has 2 atom stereocenters. The zero-order valence-corrected chi connectivity index (χ0v) is 12.9. The first kappa shape index (κ1) is 15.3. The van der Waals surface area contributed by atoms with Gasteiger partial charge in [0.15, 0.2) is 0 Å². The quantitative estimate of drug-likeness (QED) is 0.899. The lowest BCUT2D eigenvalue weighted by atomic mass is 10.1. The number of rotatable bonds is 2. The van der Waals surface area contributed by atoms with Crippen LogP contribution in [0.2, 0.25) is 5.02 Å². The Morgan fingerprint density at radius 2 is 2.15 bits per heavy atom. The normalized spacial score (nSPS) is 24.3. The van der Waals surface area contributed by atoms with Gasteiger partial charge in [0.05, 0.1) is 15.5 Å². The second-order valence-corrected chi connectivity index (χ2v) is 7.15. The third-order valence-corrected chi connectivity index (χ3v) is 5.94. The minimum Gasteiger partial charge on any atom is -0.311 e. The van der Waals surface area contributed by atoms with E-state index in [2.05, 4.69) is 5.32 Å². The van der Waals surface area contributed by atoms with Crippen molar-refractivity contribution in [1.29, 1.82) is 5.26 Å². The SMILES string of the molecule is CC1NCCN(S(=O)(=O)c2ccc(C#N)c(Cl)c2)C1C. The van der Waals surface area contributed by atoms with Gasteiger partial charge < -0.3 is 5.32 Å². The van der Waals surface area contributed by atoms with Gasteiger partial charge in [-0.3, -0.25) is 0 Å². The Morgan fingerprint density at radius 1 is 1.45 bits per heavy atom. The van der Waals surface area contributed by atoms with Crippen molar-refractivity contribution in [2.45, 2.75) is 30.8 Å². The standard InChI is InChI=1S/C13H16ClN3O2S/c1-9-10(2)17(6-5-16-9)20(18,19)12-4-3-11(8-15)13(14)7-12/h3-4,7,9-10,16H,5-6H2,1-2H3. The summed E-state index contributed by atoms with van der Waals surface area (Å²) in [7, 11) is -3.59. The highest BCUT2D eigenvalue weighted by Gasteiger charge is 2.34. The molecule has 0 aliphatic carbocycles. The molecular formula is C13H16ClN3O2S. The van der Waals surface area contributed by atoms with Crippen LogP contribution in [0.15, 0.2) is 23.1 Å². The zero-order chi connectivity index (χ0) is 14.9. The molecule has 1 aliphatic rings. The summed E-state index contributed by atoms with van der Waals surface area (Å²) in [6, 6.07) is 6.08. The molecule has 1 saturated heterocycles. The Hall–Kier alpha value is -1.13. The second kappa shape index (κ2) is 5.70. The van der Waals surface area contributed by atoms with Gasteiger partial charge >= 0.3 is 0 Å². The topological polar surface area (TPSA) is 73.2 Å². The number of sulfonamides is 1. The van der Waals surface area contributed by atoms with Crippen molar-refractivity contribution in [3.05, 3.63) is 28.8 Å². The highest BCUT2D eigenvalue weighted by molar-refractivity contribution is 7.89. The van der Waals surface area contributed by atoms with Gasteiger partial charge in [-0.05, 0) is 32.0 Å². The molecule has 1 aromatic rings. The summed E-state index contributed by atoms with van der Waals surface area (Å²) in [6.07, 6.45) is 0. The monoisotopic (exact) mass is 313 g/mol. The summed E-state index contributed by atoms with van der Waals surface area (Å²) in [5.74, 6) is 0. The van der Waals surface area contributed by atoms with Gasteiger partial charge in [-0.15, -0.1) is 0 Å². The summed E-state index contributed by atoms with van der Waals surface area (Å²) in [5, 5.41) is 12.2. The van der Waals surface area contributed by atoms with Crippen LogP contribution in [0.25, 0.3) is 0 Å². The van der Waals surface area contributed by atoms with Crippen molar-refractivity contribution in [1.82, 2.24) is 9.62 Å². The number of piperazine rings is 1. The molecule has 0 bridgehead atoms. The molecule has 0 aromatic heterocycles. The Labute approximate surface area is 124 Å². The maximum atomic E-state index is 12.7. The van der Waals surface area contributed by atoms with Gasteiger partial charge in [0, 0.05) is 25.2 Å². The first-order valence-corrected chi connectivity index (χ1v) is 8.14. The van der Waals surface area contributed by atoms with Crippen LogP contribution in [0.3, 0.4) is 0 Å². The molecule has 2 rings (SSSR count). The van der Waals surface area contributed by atoms with E-state index >= 15 is 0 Å². The van der Waals surface area contributed by atoms with E-state index in [4.69, 9.17) is 16.9 Å². The number of benzene rings is 1. The molecule has 1 aliphatic heterocycles. The van der Waals surface area contributed by atoms with Gasteiger partial charge in [-0.2, -0.15) is 9.57 Å². The molecular weight excluding hydrogens is 298 g/mol. The maximum Gasteiger partial charge on any atom is 0.243 e.